The van der Waals surface area contributed by atoms with Gasteiger partial charge < -0.3 is 5.73 Å². The van der Waals surface area contributed by atoms with Gasteiger partial charge in [-0.2, -0.15) is 5.10 Å². The molecular weight excluding hydrogens is 157 g/mol. The average molecular weight is 169 g/mol. The van der Waals surface area contributed by atoms with E-state index in [2.05, 4.69) is 5.10 Å². The molecule has 0 amide bonds. The number of nitrogen functional groups attached to an aromatic ring is 1. The summed E-state index contributed by atoms with van der Waals surface area (Å²) in [6.07, 6.45) is 0.451. The molecule has 3 nitrogen and oxygen atoms in total. The number of alkyl halides is 1. The minimum Gasteiger partial charge on any atom is -0.382 e. The van der Waals surface area contributed by atoms with Crippen molar-refractivity contribution in [1.82, 2.24) is 9.78 Å². The number of halogens is 1. The van der Waals surface area contributed by atoms with Crippen molar-refractivity contribution in [3.63, 3.8) is 0 Å². The predicted octanol–water partition coefficient (Wildman–Crippen LogP) is 1.44. The van der Waals surface area contributed by atoms with Crippen LogP contribution in [-0.2, 0) is 13.0 Å². The van der Waals surface area contributed by atoms with Crippen LogP contribution in [0.4, 0.5) is 10.2 Å². The number of aryl methyl sites for hydroxylation is 1. The zero-order valence-electron chi connectivity index (χ0n) is 7.05. The molecule has 0 fully saturated rings. The molecular formula is C8H12FN3. The maximum absolute atomic E-state index is 13.2. The van der Waals surface area contributed by atoms with Crippen LogP contribution in [0.2, 0.25) is 0 Å². The van der Waals surface area contributed by atoms with E-state index >= 15 is 0 Å². The fourth-order valence-electron chi connectivity index (χ4n) is 1.81. The average Bonchev–Trinajstić information content (AvgIpc) is 2.55. The summed E-state index contributed by atoms with van der Waals surface area (Å²) in [5, 5.41) is 4.06. The van der Waals surface area contributed by atoms with Gasteiger partial charge in [0.15, 0.2) is 5.82 Å². The Hall–Kier alpha value is -1.06. The number of rotatable bonds is 1. The molecule has 0 aliphatic heterocycles. The number of hydrogen-bond donors (Lipinski definition) is 1. The van der Waals surface area contributed by atoms with E-state index in [1.54, 1.807) is 4.68 Å². The molecule has 0 saturated heterocycles. The van der Waals surface area contributed by atoms with Crippen molar-refractivity contribution in [3.8, 4) is 0 Å². The predicted molar refractivity (Wildman–Crippen MR) is 44.5 cm³/mol. The van der Waals surface area contributed by atoms with Gasteiger partial charge >= 0.3 is 0 Å². The number of aromatic nitrogens is 2. The summed E-state index contributed by atoms with van der Waals surface area (Å²) in [7, 11) is 0. The van der Waals surface area contributed by atoms with Gasteiger partial charge in [-0.15, -0.1) is 0 Å². The van der Waals surface area contributed by atoms with Gasteiger partial charge in [-0.05, 0) is 19.8 Å². The van der Waals surface area contributed by atoms with Crippen LogP contribution in [0.3, 0.4) is 0 Å². The van der Waals surface area contributed by atoms with Crippen molar-refractivity contribution in [2.45, 2.75) is 32.5 Å². The van der Waals surface area contributed by atoms with Crippen LogP contribution in [0.1, 0.15) is 30.8 Å². The molecule has 0 bridgehead atoms. The fourth-order valence-corrected chi connectivity index (χ4v) is 1.81. The monoisotopic (exact) mass is 169 g/mol. The maximum atomic E-state index is 13.2. The largest absolute Gasteiger partial charge is 0.382 e. The summed E-state index contributed by atoms with van der Waals surface area (Å²) in [6.45, 7) is 2.75. The van der Waals surface area contributed by atoms with Crippen molar-refractivity contribution in [2.24, 2.45) is 0 Å². The van der Waals surface area contributed by atoms with E-state index in [4.69, 9.17) is 5.73 Å². The zero-order chi connectivity index (χ0) is 8.72. The number of fused-ring (bicyclic) bond motifs is 1. The minimum atomic E-state index is -0.889. The van der Waals surface area contributed by atoms with E-state index in [1.807, 2.05) is 6.92 Å². The van der Waals surface area contributed by atoms with Crippen molar-refractivity contribution in [3.05, 3.63) is 11.3 Å². The van der Waals surface area contributed by atoms with Gasteiger partial charge in [0.2, 0.25) is 0 Å². The van der Waals surface area contributed by atoms with E-state index < -0.39 is 6.17 Å². The Kier molecular flexibility index (Phi) is 1.56. The molecule has 1 aliphatic rings. The van der Waals surface area contributed by atoms with Crippen molar-refractivity contribution >= 4 is 5.82 Å². The highest BCUT2D eigenvalue weighted by molar-refractivity contribution is 5.47. The summed E-state index contributed by atoms with van der Waals surface area (Å²) in [5.74, 6) is 0.372. The van der Waals surface area contributed by atoms with Crippen LogP contribution >= 0.6 is 0 Å². The fraction of sp³-hybridized carbons (Fsp3) is 0.625. The first-order chi connectivity index (χ1) is 5.74. The molecule has 4 heteroatoms. The van der Waals surface area contributed by atoms with Crippen LogP contribution in [0, 0.1) is 0 Å². The number of hydrogen-bond acceptors (Lipinski definition) is 2. The summed E-state index contributed by atoms with van der Waals surface area (Å²) >= 11 is 0. The Balaban J connectivity index is 2.53. The first kappa shape index (κ1) is 7.58. The molecule has 0 aromatic carbocycles. The highest BCUT2D eigenvalue weighted by Gasteiger charge is 2.29. The van der Waals surface area contributed by atoms with E-state index in [0.29, 0.717) is 17.8 Å². The standard InChI is InChI=1S/C8H12FN3/c1-2-12-6-4-3-5(9)7(6)8(10)11-12/h5H,2-4H2,1H3,(H2,10,11). The molecule has 1 aliphatic carbocycles. The number of nitrogens with two attached hydrogens (primary N) is 1. The Morgan fingerprint density at radius 1 is 1.75 bits per heavy atom. The van der Waals surface area contributed by atoms with E-state index in [-0.39, 0.29) is 0 Å². The van der Waals surface area contributed by atoms with Crippen LogP contribution < -0.4 is 5.73 Å². The molecule has 0 saturated carbocycles. The van der Waals surface area contributed by atoms with E-state index in [9.17, 15) is 4.39 Å². The quantitative estimate of drug-likeness (QED) is 0.691. The van der Waals surface area contributed by atoms with Crippen molar-refractivity contribution < 1.29 is 4.39 Å². The summed E-state index contributed by atoms with van der Waals surface area (Å²) in [5.41, 5.74) is 7.21. The van der Waals surface area contributed by atoms with Gasteiger partial charge in [-0.1, -0.05) is 0 Å². The molecule has 1 unspecified atom stereocenters. The van der Waals surface area contributed by atoms with Crippen molar-refractivity contribution in [1.29, 1.82) is 0 Å². The summed E-state index contributed by atoms with van der Waals surface area (Å²) in [4.78, 5) is 0. The summed E-state index contributed by atoms with van der Waals surface area (Å²) < 4.78 is 15.0. The van der Waals surface area contributed by atoms with E-state index in [1.165, 1.54) is 0 Å². The third-order valence-corrected chi connectivity index (χ3v) is 2.37. The Morgan fingerprint density at radius 3 is 3.17 bits per heavy atom. The lowest BCUT2D eigenvalue weighted by molar-refractivity contribution is 0.344. The Bertz CT molecular complexity index is 305. The van der Waals surface area contributed by atoms with Crippen LogP contribution in [0.15, 0.2) is 0 Å². The Labute approximate surface area is 70.4 Å². The second kappa shape index (κ2) is 2.47. The van der Waals surface area contributed by atoms with Gasteiger partial charge in [0.25, 0.3) is 0 Å². The molecule has 0 radical (unpaired) electrons. The lowest BCUT2D eigenvalue weighted by Gasteiger charge is -1.98. The summed E-state index contributed by atoms with van der Waals surface area (Å²) in [6, 6.07) is 0. The second-order valence-corrected chi connectivity index (χ2v) is 3.07. The van der Waals surface area contributed by atoms with Gasteiger partial charge in [0.1, 0.15) is 6.17 Å². The van der Waals surface area contributed by atoms with Crippen LogP contribution in [-0.4, -0.2) is 9.78 Å². The van der Waals surface area contributed by atoms with Gasteiger partial charge in [0.05, 0.1) is 5.56 Å². The molecule has 1 aromatic heterocycles. The lowest BCUT2D eigenvalue weighted by atomic mass is 10.2. The zero-order valence-corrected chi connectivity index (χ0v) is 7.05. The van der Waals surface area contributed by atoms with Crippen molar-refractivity contribution in [2.75, 3.05) is 5.73 Å². The van der Waals surface area contributed by atoms with Gasteiger partial charge in [0, 0.05) is 12.2 Å². The molecule has 0 spiro atoms. The highest BCUT2D eigenvalue weighted by Crippen LogP contribution is 2.37. The van der Waals surface area contributed by atoms with E-state index in [0.717, 1.165) is 18.7 Å². The molecule has 1 heterocycles. The molecule has 1 atom stereocenters. The molecule has 12 heavy (non-hydrogen) atoms. The minimum absolute atomic E-state index is 0.372. The lowest BCUT2D eigenvalue weighted by Crippen LogP contribution is -2.01. The third-order valence-electron chi connectivity index (χ3n) is 2.37. The first-order valence-corrected chi connectivity index (χ1v) is 4.23. The van der Waals surface area contributed by atoms with Crippen LogP contribution in [0.5, 0.6) is 0 Å². The number of anilines is 1. The first-order valence-electron chi connectivity index (χ1n) is 4.23. The highest BCUT2D eigenvalue weighted by atomic mass is 19.1. The van der Waals surface area contributed by atoms with Gasteiger partial charge in [-0.25, -0.2) is 4.39 Å². The van der Waals surface area contributed by atoms with Gasteiger partial charge in [-0.3, -0.25) is 4.68 Å². The third kappa shape index (κ3) is 0.838. The SMILES string of the molecule is CCn1nc(N)c2c1CCC2F. The Morgan fingerprint density at radius 2 is 2.50 bits per heavy atom. The number of nitrogens with zero attached hydrogens (tertiary/aromatic N) is 2. The normalized spacial score (nSPS) is 21.3. The molecule has 2 rings (SSSR count). The topological polar surface area (TPSA) is 43.8 Å². The smallest absolute Gasteiger partial charge is 0.151 e. The van der Waals surface area contributed by atoms with Crippen LogP contribution in [0.25, 0.3) is 0 Å². The molecule has 2 N–H and O–H groups in total. The maximum Gasteiger partial charge on any atom is 0.151 e. The molecule has 1 aromatic rings. The second-order valence-electron chi connectivity index (χ2n) is 3.07. The molecule has 66 valence electrons.